The molecule has 0 unspecified atom stereocenters. The third-order valence-electron chi connectivity index (χ3n) is 8.73. The van der Waals surface area contributed by atoms with Crippen LogP contribution >= 0.6 is 0 Å². The Kier molecular flexibility index (Phi) is 4.57. The molecule has 6 atom stereocenters. The standard InChI is InChI=1S/C26H30N2O5/c1-28-12-11-25-21-16-7-8-19(29)22(21)33-23(25)17(9-10-26(25,32)20(28)14-16)27-18(24(30)31)13-15-5-3-2-4-6-15/h2-8,17-18,20,23,27,29,32H,9-14H2,1H3,(H,30,31)/t17-,18-,20+,23-,25-,26+/m0/s1. The van der Waals surface area contributed by atoms with E-state index in [9.17, 15) is 20.1 Å². The number of nitrogens with one attached hydrogen (secondary N) is 1. The van der Waals surface area contributed by atoms with E-state index in [1.807, 2.05) is 36.4 Å². The normalized spacial score (nSPS) is 34.9. The third-order valence-corrected chi connectivity index (χ3v) is 8.73. The van der Waals surface area contributed by atoms with Crippen LogP contribution in [-0.2, 0) is 23.1 Å². The molecule has 7 nitrogen and oxygen atoms in total. The Balaban J connectivity index is 1.40. The van der Waals surface area contributed by atoms with Gasteiger partial charge in [0.05, 0.1) is 11.0 Å². The van der Waals surface area contributed by atoms with Crippen LogP contribution in [0.1, 0.15) is 36.0 Å². The zero-order valence-electron chi connectivity index (χ0n) is 18.7. The highest BCUT2D eigenvalue weighted by molar-refractivity contribution is 5.74. The number of benzene rings is 2. The molecular formula is C26H30N2O5. The highest BCUT2D eigenvalue weighted by Crippen LogP contribution is 2.65. The summed E-state index contributed by atoms with van der Waals surface area (Å²) in [5.74, 6) is -0.334. The number of aliphatic carboxylic acids is 1. The number of phenols is 1. The lowest BCUT2D eigenvalue weighted by Crippen LogP contribution is -2.78. The van der Waals surface area contributed by atoms with Crippen LogP contribution in [0.2, 0.25) is 0 Å². The third kappa shape index (κ3) is 2.76. The predicted octanol–water partition coefficient (Wildman–Crippen LogP) is 1.83. The first-order valence-electron chi connectivity index (χ1n) is 11.8. The molecular weight excluding hydrogens is 420 g/mol. The summed E-state index contributed by atoms with van der Waals surface area (Å²) in [4.78, 5) is 14.4. The van der Waals surface area contributed by atoms with Gasteiger partial charge in [-0.2, -0.15) is 0 Å². The fraction of sp³-hybridized carbons (Fsp3) is 0.500. The number of hydrogen-bond donors (Lipinski definition) is 4. The maximum Gasteiger partial charge on any atom is 0.321 e. The average molecular weight is 451 g/mol. The number of likely N-dealkylation sites (tertiary alicyclic amines) is 1. The molecule has 2 aromatic carbocycles. The molecule has 174 valence electrons. The van der Waals surface area contributed by atoms with Crippen LogP contribution in [0.15, 0.2) is 42.5 Å². The Labute approximate surface area is 193 Å². The fourth-order valence-corrected chi connectivity index (χ4v) is 7.25. The first-order chi connectivity index (χ1) is 15.8. The van der Waals surface area contributed by atoms with Gasteiger partial charge in [0.15, 0.2) is 11.5 Å². The van der Waals surface area contributed by atoms with Gasteiger partial charge in [-0.25, -0.2) is 0 Å². The van der Waals surface area contributed by atoms with Gasteiger partial charge in [-0.1, -0.05) is 36.4 Å². The van der Waals surface area contributed by atoms with E-state index in [-0.39, 0.29) is 17.8 Å². The van der Waals surface area contributed by atoms with Crippen molar-refractivity contribution in [3.63, 3.8) is 0 Å². The van der Waals surface area contributed by atoms with Gasteiger partial charge in [0.2, 0.25) is 0 Å². The zero-order valence-corrected chi connectivity index (χ0v) is 18.7. The number of nitrogens with zero attached hydrogens (tertiary/aromatic N) is 1. The summed E-state index contributed by atoms with van der Waals surface area (Å²) >= 11 is 0. The first kappa shape index (κ1) is 21.0. The quantitative estimate of drug-likeness (QED) is 0.551. The number of aliphatic hydroxyl groups is 1. The first-order valence-corrected chi connectivity index (χ1v) is 11.8. The van der Waals surface area contributed by atoms with E-state index < -0.39 is 29.1 Å². The lowest BCUT2D eigenvalue weighted by atomic mass is 9.48. The maximum absolute atomic E-state index is 12.2. The highest BCUT2D eigenvalue weighted by atomic mass is 16.5. The van der Waals surface area contributed by atoms with Crippen LogP contribution in [0.3, 0.4) is 0 Å². The minimum absolute atomic E-state index is 0.0270. The maximum atomic E-state index is 12.2. The number of hydrogen-bond acceptors (Lipinski definition) is 6. The summed E-state index contributed by atoms with van der Waals surface area (Å²) in [6.07, 6.45) is 2.52. The molecule has 2 bridgehead atoms. The molecule has 7 heteroatoms. The van der Waals surface area contributed by atoms with Gasteiger partial charge in [0, 0.05) is 17.6 Å². The molecule has 4 aliphatic rings. The van der Waals surface area contributed by atoms with E-state index >= 15 is 0 Å². The van der Waals surface area contributed by atoms with Crippen LogP contribution < -0.4 is 10.1 Å². The Morgan fingerprint density at radius 3 is 2.79 bits per heavy atom. The van der Waals surface area contributed by atoms with Crippen LogP contribution in [-0.4, -0.2) is 69.6 Å². The molecule has 0 aromatic heterocycles. The summed E-state index contributed by atoms with van der Waals surface area (Å²) in [5, 5.41) is 36.3. The molecule has 2 heterocycles. The van der Waals surface area contributed by atoms with Gasteiger partial charge in [-0.05, 0) is 62.9 Å². The second-order valence-corrected chi connectivity index (χ2v) is 10.2. The van der Waals surface area contributed by atoms with Gasteiger partial charge in [-0.3, -0.25) is 10.1 Å². The lowest BCUT2D eigenvalue weighted by molar-refractivity contribution is -0.187. The summed E-state index contributed by atoms with van der Waals surface area (Å²) < 4.78 is 6.47. The van der Waals surface area contributed by atoms with E-state index in [1.54, 1.807) is 6.07 Å². The number of rotatable bonds is 5. The van der Waals surface area contributed by atoms with Crippen LogP contribution in [0.4, 0.5) is 0 Å². The molecule has 4 N–H and O–H groups in total. The van der Waals surface area contributed by atoms with Crippen molar-refractivity contribution in [1.29, 1.82) is 0 Å². The van der Waals surface area contributed by atoms with E-state index in [0.717, 1.165) is 29.7 Å². The van der Waals surface area contributed by atoms with Crippen molar-refractivity contribution in [3.05, 3.63) is 59.2 Å². The van der Waals surface area contributed by atoms with Gasteiger partial charge in [-0.15, -0.1) is 0 Å². The van der Waals surface area contributed by atoms with Gasteiger partial charge < -0.3 is 25.0 Å². The van der Waals surface area contributed by atoms with Crippen LogP contribution in [0.25, 0.3) is 0 Å². The number of carbonyl (C=O) groups is 1. The molecule has 2 aromatic rings. The second-order valence-electron chi connectivity index (χ2n) is 10.2. The summed E-state index contributed by atoms with van der Waals surface area (Å²) in [6.45, 7) is 0.820. The number of ether oxygens (including phenoxy) is 1. The fourth-order valence-electron chi connectivity index (χ4n) is 7.25. The average Bonchev–Trinajstić information content (AvgIpc) is 3.16. The number of piperidine rings is 1. The van der Waals surface area contributed by atoms with Crippen molar-refractivity contribution in [1.82, 2.24) is 10.2 Å². The minimum atomic E-state index is -0.979. The van der Waals surface area contributed by atoms with Crippen LogP contribution in [0.5, 0.6) is 11.5 Å². The Bertz CT molecular complexity index is 1110. The van der Waals surface area contributed by atoms with E-state index in [4.69, 9.17) is 4.74 Å². The predicted molar refractivity (Wildman–Crippen MR) is 122 cm³/mol. The summed E-state index contributed by atoms with van der Waals surface area (Å²) in [5.41, 5.74) is 1.38. The Morgan fingerprint density at radius 2 is 2.03 bits per heavy atom. The molecule has 0 amide bonds. The van der Waals surface area contributed by atoms with E-state index in [1.165, 1.54) is 0 Å². The Morgan fingerprint density at radius 1 is 1.24 bits per heavy atom. The van der Waals surface area contributed by atoms with E-state index in [0.29, 0.717) is 31.4 Å². The van der Waals surface area contributed by atoms with Crippen molar-refractivity contribution < 1.29 is 24.9 Å². The zero-order chi connectivity index (χ0) is 23.0. The Hall–Kier alpha value is -2.61. The largest absolute Gasteiger partial charge is 0.504 e. The molecule has 2 aliphatic heterocycles. The number of carboxylic acid groups (broad SMARTS) is 1. The second kappa shape index (κ2) is 7.19. The molecule has 0 radical (unpaired) electrons. The molecule has 2 fully saturated rings. The van der Waals surface area contributed by atoms with Crippen molar-refractivity contribution >= 4 is 5.97 Å². The smallest absolute Gasteiger partial charge is 0.321 e. The number of likely N-dealkylation sites (N-methyl/N-ethyl adjacent to an activating group) is 1. The molecule has 2 aliphatic carbocycles. The van der Waals surface area contributed by atoms with Crippen LogP contribution in [0, 0.1) is 0 Å². The van der Waals surface area contributed by atoms with Crippen molar-refractivity contribution in [2.75, 3.05) is 13.6 Å². The number of phenolic OH excluding ortho intramolecular Hbond substituents is 1. The molecule has 1 saturated carbocycles. The van der Waals surface area contributed by atoms with Gasteiger partial charge in [0.1, 0.15) is 12.1 Å². The number of carboxylic acids is 1. The van der Waals surface area contributed by atoms with Crippen molar-refractivity contribution in [3.8, 4) is 11.5 Å². The van der Waals surface area contributed by atoms with E-state index in [2.05, 4.69) is 17.3 Å². The molecule has 1 saturated heterocycles. The minimum Gasteiger partial charge on any atom is -0.504 e. The lowest BCUT2D eigenvalue weighted by Gasteiger charge is -2.63. The van der Waals surface area contributed by atoms with Gasteiger partial charge in [0.25, 0.3) is 0 Å². The topological polar surface area (TPSA) is 102 Å². The monoisotopic (exact) mass is 450 g/mol. The highest BCUT2D eigenvalue weighted by Gasteiger charge is 2.72. The van der Waals surface area contributed by atoms with Crippen molar-refractivity contribution in [2.45, 2.75) is 67.3 Å². The van der Waals surface area contributed by atoms with Gasteiger partial charge >= 0.3 is 5.97 Å². The molecule has 1 spiro atoms. The SMILES string of the molecule is CN1CC[C@]23c4c5ccc(O)c4O[C@H]2[C@@H](N[C@@H](Cc2ccccc2)C(=O)O)CC[C@@]3(O)[C@H]1C5. The summed E-state index contributed by atoms with van der Waals surface area (Å²) in [7, 11) is 2.07. The molecule has 6 rings (SSSR count). The van der Waals surface area contributed by atoms with Crippen molar-refractivity contribution in [2.24, 2.45) is 0 Å². The molecule has 33 heavy (non-hydrogen) atoms. The summed E-state index contributed by atoms with van der Waals surface area (Å²) in [6, 6.07) is 12.2. The number of aromatic hydroxyl groups is 1.